The molecule has 1 rings (SSSR count). The molecule has 0 amide bonds. The third-order valence-electron chi connectivity index (χ3n) is 0.556. The molecule has 0 radical (unpaired) electrons. The van der Waals surface area contributed by atoms with E-state index in [1.165, 1.54) is 0 Å². The molecule has 1 aromatic heterocycles. The maximum atomic E-state index is 7.17. The van der Waals surface area contributed by atoms with Crippen LogP contribution in [0.15, 0.2) is 13.3 Å². The summed E-state index contributed by atoms with van der Waals surface area (Å²) in [6.07, 6.45) is 0. The Morgan fingerprint density at radius 3 is 1.08 bits per heavy atom. The van der Waals surface area contributed by atoms with Crippen LogP contribution in [0.4, 0.5) is 0 Å². The summed E-state index contributed by atoms with van der Waals surface area (Å²) in [7, 11) is -2.17. The summed E-state index contributed by atoms with van der Waals surface area (Å²) in [5.41, 5.74) is 0. The summed E-state index contributed by atoms with van der Waals surface area (Å²) in [6.45, 7) is 0. The van der Waals surface area contributed by atoms with E-state index in [1.54, 1.807) is 0 Å². The Morgan fingerprint density at radius 1 is 0.769 bits per heavy atom. The fourth-order valence-electron chi connectivity index (χ4n) is 0.315. The molecule has 0 aromatic carbocycles. The van der Waals surface area contributed by atoms with E-state index in [0.29, 0.717) is 0 Å². The van der Waals surface area contributed by atoms with Gasteiger partial charge in [-0.25, -0.2) is 16.2 Å². The van der Waals surface area contributed by atoms with E-state index in [2.05, 4.69) is 13.3 Å². The highest BCUT2D eigenvalue weighted by atomic mass is 16.6. The van der Waals surface area contributed by atoms with Crippen LogP contribution in [-0.2, 0) is 0 Å². The zero-order valence-corrected chi connectivity index (χ0v) is 6.14. The summed E-state index contributed by atoms with van der Waals surface area (Å²) in [5.74, 6) is -1.84. The maximum Gasteiger partial charge on any atom is 0.631 e. The van der Waals surface area contributed by atoms with Crippen LogP contribution < -0.4 is 17.3 Å². The van der Waals surface area contributed by atoms with Crippen molar-refractivity contribution >= 4 is 7.32 Å². The standard InChI is InChI=1S/C3H3N3O3.BH3O3/c4-1-7-2(5)9-3(6)8-1;2-1(3)4/h4-6H;2-4H. The van der Waals surface area contributed by atoms with Crippen molar-refractivity contribution in [3.8, 4) is 0 Å². The molecule has 0 fully saturated rings. The molecule has 6 N–H and O–H groups in total. The quantitative estimate of drug-likeness (QED) is 0.236. The Balaban J connectivity index is 0.000000310. The highest BCUT2D eigenvalue weighted by molar-refractivity contribution is 6.30. The number of hydrogen-bond acceptors (Lipinski definition) is 9. The van der Waals surface area contributed by atoms with Gasteiger partial charge < -0.3 is 28.3 Å². The predicted octanol–water partition coefficient (Wildman–Crippen LogP) is -3.15. The van der Waals surface area contributed by atoms with Crippen molar-refractivity contribution in [2.45, 2.75) is 0 Å². The Kier molecular flexibility index (Phi) is 4.44. The van der Waals surface area contributed by atoms with Crippen LogP contribution >= 0.6 is 0 Å². The molecule has 72 valence electrons. The Bertz CT molecular complexity index is 321. The van der Waals surface area contributed by atoms with Crippen molar-refractivity contribution in [3.05, 3.63) is 17.3 Å². The average Bonchev–Trinajstić information content (AvgIpc) is 1.80. The van der Waals surface area contributed by atoms with Crippen LogP contribution in [0.1, 0.15) is 0 Å². The first-order valence-electron chi connectivity index (χ1n) is 2.75. The zero-order valence-electron chi connectivity index (χ0n) is 6.14. The van der Waals surface area contributed by atoms with Crippen molar-refractivity contribution in [2.75, 3.05) is 0 Å². The van der Waals surface area contributed by atoms with Crippen molar-refractivity contribution < 1.29 is 28.3 Å². The van der Waals surface area contributed by atoms with Crippen LogP contribution in [0.5, 0.6) is 0 Å². The van der Waals surface area contributed by atoms with Crippen LogP contribution in [0.2, 0.25) is 0 Å². The lowest BCUT2D eigenvalue weighted by atomic mass is 10.3. The normalized spacial score (nSPS) is 8.54. The number of rotatable bonds is 0. The second-order valence-electron chi connectivity index (χ2n) is 1.51. The van der Waals surface area contributed by atoms with Crippen LogP contribution in [0.25, 0.3) is 0 Å². The minimum absolute atomic E-state index is 0.615. The minimum Gasteiger partial charge on any atom is -0.402 e. The van der Waals surface area contributed by atoms with Crippen molar-refractivity contribution in [2.24, 2.45) is 0 Å². The lowest BCUT2D eigenvalue weighted by Gasteiger charge is -1.79. The summed E-state index contributed by atoms with van der Waals surface area (Å²) >= 11 is 0. The molecule has 13 heavy (non-hydrogen) atoms. The predicted molar refractivity (Wildman–Crippen MR) is 33.2 cm³/mol. The highest BCUT2D eigenvalue weighted by Gasteiger charge is 1.92. The molecule has 0 saturated carbocycles. The van der Waals surface area contributed by atoms with Gasteiger partial charge in [0.15, 0.2) is 0 Å². The van der Waals surface area contributed by atoms with Gasteiger partial charge >= 0.3 is 24.6 Å². The molecule has 9 nitrogen and oxygen atoms in total. The largest absolute Gasteiger partial charge is 0.631 e. The molecule has 0 spiro atoms. The fraction of sp³-hybridized carbons (Fsp3) is 0. The van der Waals surface area contributed by atoms with Gasteiger partial charge in [-0.05, 0) is 0 Å². The Hall–Kier alpha value is -1.65. The molecule has 0 saturated heterocycles. The SMILES string of the molecule is N=c1oc(=N)oc(=N)o1.OB(O)O. The smallest absolute Gasteiger partial charge is 0.402 e. The van der Waals surface area contributed by atoms with E-state index < -0.39 is 24.6 Å². The summed E-state index contributed by atoms with van der Waals surface area (Å²) < 4.78 is 12.4. The van der Waals surface area contributed by atoms with Crippen molar-refractivity contribution in [1.82, 2.24) is 0 Å². The molecular formula is C3H6BN3O6. The number of nitrogens with one attached hydrogen (secondary N) is 3. The molecular weight excluding hydrogens is 185 g/mol. The van der Waals surface area contributed by atoms with Gasteiger partial charge in [0.05, 0.1) is 0 Å². The van der Waals surface area contributed by atoms with Gasteiger partial charge in [-0.2, -0.15) is 0 Å². The first-order valence-corrected chi connectivity index (χ1v) is 2.75. The van der Waals surface area contributed by atoms with Gasteiger partial charge in [0, 0.05) is 0 Å². The highest BCUT2D eigenvalue weighted by Crippen LogP contribution is 1.51. The van der Waals surface area contributed by atoms with Gasteiger partial charge in [0.2, 0.25) is 0 Å². The third-order valence-corrected chi connectivity index (χ3v) is 0.556. The third kappa shape index (κ3) is 6.74. The maximum absolute atomic E-state index is 7.17. The molecule has 10 heteroatoms. The van der Waals surface area contributed by atoms with Crippen molar-refractivity contribution in [1.29, 1.82) is 16.2 Å². The van der Waals surface area contributed by atoms with Crippen LogP contribution in [0.3, 0.4) is 0 Å². The van der Waals surface area contributed by atoms with Gasteiger partial charge in [0.1, 0.15) is 0 Å². The zero-order chi connectivity index (χ0) is 10.4. The van der Waals surface area contributed by atoms with E-state index in [0.717, 1.165) is 0 Å². The van der Waals surface area contributed by atoms with Gasteiger partial charge in [-0.15, -0.1) is 0 Å². The molecule has 0 atom stereocenters. The molecule has 0 unspecified atom stereocenters. The summed E-state index contributed by atoms with van der Waals surface area (Å²) in [5, 5.41) is 41.4. The topological polar surface area (TPSA) is 172 Å². The fourth-order valence-corrected chi connectivity index (χ4v) is 0.315. The lowest BCUT2D eigenvalue weighted by Crippen LogP contribution is -2.18. The van der Waals surface area contributed by atoms with Crippen LogP contribution in [-0.4, -0.2) is 22.4 Å². The van der Waals surface area contributed by atoms with Crippen molar-refractivity contribution in [3.63, 3.8) is 0 Å². The minimum atomic E-state index is -2.17. The Labute approximate surface area is 70.2 Å². The first-order chi connectivity index (χ1) is 5.91. The second kappa shape index (κ2) is 5.08. The van der Waals surface area contributed by atoms with Gasteiger partial charge in [-0.3, -0.25) is 0 Å². The molecule has 1 aromatic rings. The van der Waals surface area contributed by atoms with Gasteiger partial charge in [-0.1, -0.05) is 0 Å². The van der Waals surface area contributed by atoms with E-state index in [9.17, 15) is 0 Å². The summed E-state index contributed by atoms with van der Waals surface area (Å²) in [4.78, 5) is 0. The van der Waals surface area contributed by atoms with E-state index >= 15 is 0 Å². The molecule has 0 aliphatic carbocycles. The monoisotopic (exact) mass is 191 g/mol. The average molecular weight is 191 g/mol. The van der Waals surface area contributed by atoms with E-state index in [-0.39, 0.29) is 0 Å². The van der Waals surface area contributed by atoms with Crippen LogP contribution in [0, 0.1) is 16.2 Å². The Morgan fingerprint density at radius 2 is 0.923 bits per heavy atom. The summed E-state index contributed by atoms with van der Waals surface area (Å²) in [6, 6.07) is 0. The number of hydrogen-bond donors (Lipinski definition) is 6. The second-order valence-corrected chi connectivity index (χ2v) is 1.51. The van der Waals surface area contributed by atoms with E-state index in [1.807, 2.05) is 0 Å². The van der Waals surface area contributed by atoms with Gasteiger partial charge in [0.25, 0.3) is 0 Å². The molecule has 1 heterocycles. The lowest BCUT2D eigenvalue weighted by molar-refractivity contribution is 0.105. The van der Waals surface area contributed by atoms with E-state index in [4.69, 9.17) is 31.3 Å². The molecule has 0 bridgehead atoms. The molecule has 0 aliphatic rings. The first kappa shape index (κ1) is 11.4. The molecule has 0 aliphatic heterocycles.